The van der Waals surface area contributed by atoms with Crippen molar-refractivity contribution in [2.45, 2.75) is 26.9 Å². The number of carbonyl (C=O) groups excluding carboxylic acids is 1. The van der Waals surface area contributed by atoms with Crippen LogP contribution in [0.25, 0.3) is 0 Å². The van der Waals surface area contributed by atoms with E-state index >= 15 is 0 Å². The van der Waals surface area contributed by atoms with Gasteiger partial charge in [-0.2, -0.15) is 0 Å². The van der Waals surface area contributed by atoms with Crippen molar-refractivity contribution in [3.05, 3.63) is 46.8 Å². The fraction of sp³-hybridized carbons (Fsp3) is 0.500. The first kappa shape index (κ1) is 19.4. The number of benzene rings is 1. The van der Waals surface area contributed by atoms with Crippen LogP contribution < -0.4 is 10.1 Å². The Morgan fingerprint density at radius 2 is 1.96 bits per heavy atom. The van der Waals surface area contributed by atoms with Gasteiger partial charge in [0.1, 0.15) is 18.1 Å². The van der Waals surface area contributed by atoms with Gasteiger partial charge in [0.15, 0.2) is 0 Å². The third-order valence-corrected chi connectivity index (χ3v) is 4.72. The van der Waals surface area contributed by atoms with E-state index in [4.69, 9.17) is 14.0 Å². The molecule has 2 aromatic rings. The first-order chi connectivity index (χ1) is 13.1. The minimum Gasteiger partial charge on any atom is -0.489 e. The zero-order valence-corrected chi connectivity index (χ0v) is 16.0. The van der Waals surface area contributed by atoms with Crippen molar-refractivity contribution < 1.29 is 18.8 Å². The van der Waals surface area contributed by atoms with Gasteiger partial charge in [0, 0.05) is 25.2 Å². The van der Waals surface area contributed by atoms with Gasteiger partial charge in [0.05, 0.1) is 24.5 Å². The minimum atomic E-state index is -0.0609. The van der Waals surface area contributed by atoms with E-state index in [0.29, 0.717) is 24.5 Å². The number of amides is 1. The molecule has 1 aliphatic heterocycles. The molecule has 1 N–H and O–H groups in total. The summed E-state index contributed by atoms with van der Waals surface area (Å²) < 4.78 is 16.2. The Hall–Kier alpha value is -2.38. The molecule has 1 aromatic heterocycles. The zero-order chi connectivity index (χ0) is 19.1. The maximum atomic E-state index is 12.2. The molecule has 0 spiro atoms. The highest BCUT2D eigenvalue weighted by Gasteiger charge is 2.11. The third-order valence-electron chi connectivity index (χ3n) is 4.72. The van der Waals surface area contributed by atoms with Gasteiger partial charge < -0.3 is 19.3 Å². The lowest BCUT2D eigenvalue weighted by molar-refractivity contribution is 0.0374. The van der Waals surface area contributed by atoms with Crippen LogP contribution in [0.4, 0.5) is 0 Å². The van der Waals surface area contributed by atoms with Crippen molar-refractivity contribution >= 4 is 5.91 Å². The molecule has 1 aliphatic rings. The third kappa shape index (κ3) is 5.55. The Bertz CT molecular complexity index is 717. The lowest BCUT2D eigenvalue weighted by Crippen LogP contribution is -2.38. The van der Waals surface area contributed by atoms with Crippen molar-refractivity contribution in [2.75, 3.05) is 39.4 Å². The van der Waals surface area contributed by atoms with Gasteiger partial charge in [-0.1, -0.05) is 5.16 Å². The van der Waals surface area contributed by atoms with Crippen LogP contribution in [-0.4, -0.2) is 55.4 Å². The van der Waals surface area contributed by atoms with E-state index in [9.17, 15) is 4.79 Å². The lowest BCUT2D eigenvalue weighted by atomic mass is 10.2. The van der Waals surface area contributed by atoms with E-state index in [2.05, 4.69) is 15.4 Å². The maximum absolute atomic E-state index is 12.2. The summed E-state index contributed by atoms with van der Waals surface area (Å²) in [6.07, 6.45) is 0.935. The van der Waals surface area contributed by atoms with Crippen LogP contribution in [0.5, 0.6) is 5.75 Å². The average molecular weight is 373 g/mol. The molecular formula is C20H27N3O4. The number of hydrogen-bond acceptors (Lipinski definition) is 6. The Morgan fingerprint density at radius 3 is 2.63 bits per heavy atom. The first-order valence-corrected chi connectivity index (χ1v) is 9.36. The van der Waals surface area contributed by atoms with Crippen molar-refractivity contribution in [3.63, 3.8) is 0 Å². The maximum Gasteiger partial charge on any atom is 0.251 e. The molecule has 0 radical (unpaired) electrons. The second kappa shape index (κ2) is 9.53. The fourth-order valence-electron chi connectivity index (χ4n) is 3.00. The van der Waals surface area contributed by atoms with Crippen molar-refractivity contribution in [1.29, 1.82) is 0 Å². The molecule has 7 heteroatoms. The highest BCUT2D eigenvalue weighted by molar-refractivity contribution is 5.94. The van der Waals surface area contributed by atoms with E-state index in [0.717, 1.165) is 56.3 Å². The highest BCUT2D eigenvalue weighted by atomic mass is 16.5. The number of nitrogens with zero attached hydrogens (tertiary/aromatic N) is 2. The van der Waals surface area contributed by atoms with Gasteiger partial charge in [-0.3, -0.25) is 9.69 Å². The SMILES string of the molecule is Cc1noc(C)c1COc1ccc(C(=O)NCCCN2CCOCC2)cc1. The molecule has 27 heavy (non-hydrogen) atoms. The molecule has 0 unspecified atom stereocenters. The van der Waals surface area contributed by atoms with Crippen LogP contribution in [0, 0.1) is 13.8 Å². The summed E-state index contributed by atoms with van der Waals surface area (Å²) in [5.74, 6) is 1.41. The molecule has 1 amide bonds. The summed E-state index contributed by atoms with van der Waals surface area (Å²) in [5.41, 5.74) is 2.42. The predicted molar refractivity (Wildman–Crippen MR) is 101 cm³/mol. The molecule has 0 atom stereocenters. The number of rotatable bonds is 8. The largest absolute Gasteiger partial charge is 0.489 e. The van der Waals surface area contributed by atoms with Gasteiger partial charge >= 0.3 is 0 Å². The van der Waals surface area contributed by atoms with Gasteiger partial charge in [-0.15, -0.1) is 0 Å². The normalized spacial score (nSPS) is 14.9. The number of morpholine rings is 1. The molecule has 0 bridgehead atoms. The second-order valence-electron chi connectivity index (χ2n) is 6.68. The van der Waals surface area contributed by atoms with Gasteiger partial charge in [-0.05, 0) is 51.1 Å². The van der Waals surface area contributed by atoms with Crippen LogP contribution in [0.15, 0.2) is 28.8 Å². The average Bonchev–Trinajstić information content (AvgIpc) is 3.02. The summed E-state index contributed by atoms with van der Waals surface area (Å²) in [6, 6.07) is 7.17. The molecule has 146 valence electrons. The van der Waals surface area contributed by atoms with E-state index in [1.54, 1.807) is 24.3 Å². The lowest BCUT2D eigenvalue weighted by Gasteiger charge is -2.26. The Labute approximate surface area is 159 Å². The Balaban J connectivity index is 1.40. The van der Waals surface area contributed by atoms with Crippen LogP contribution in [0.3, 0.4) is 0 Å². The quantitative estimate of drug-likeness (QED) is 0.716. The standard InChI is InChI=1S/C20H27N3O4/c1-15-19(16(2)27-22-15)14-26-18-6-4-17(5-7-18)20(24)21-8-3-9-23-10-12-25-13-11-23/h4-7H,3,8-14H2,1-2H3,(H,21,24). The monoisotopic (exact) mass is 373 g/mol. The van der Waals surface area contributed by atoms with Gasteiger partial charge in [0.25, 0.3) is 5.91 Å². The smallest absolute Gasteiger partial charge is 0.251 e. The molecule has 0 saturated carbocycles. The highest BCUT2D eigenvalue weighted by Crippen LogP contribution is 2.18. The Morgan fingerprint density at radius 1 is 1.22 bits per heavy atom. The second-order valence-corrected chi connectivity index (χ2v) is 6.68. The molecular weight excluding hydrogens is 346 g/mol. The number of ether oxygens (including phenoxy) is 2. The summed E-state index contributed by atoms with van der Waals surface area (Å²) in [5, 5.41) is 6.88. The molecule has 1 fully saturated rings. The van der Waals surface area contributed by atoms with E-state index in [1.807, 2.05) is 13.8 Å². The molecule has 1 aromatic carbocycles. The fourth-order valence-corrected chi connectivity index (χ4v) is 3.00. The van der Waals surface area contributed by atoms with Crippen LogP contribution >= 0.6 is 0 Å². The molecule has 3 rings (SSSR count). The summed E-state index contributed by atoms with van der Waals surface area (Å²) in [4.78, 5) is 14.6. The number of hydrogen-bond donors (Lipinski definition) is 1. The van der Waals surface area contributed by atoms with Crippen LogP contribution in [0.2, 0.25) is 0 Å². The predicted octanol–water partition coefficient (Wildman–Crippen LogP) is 2.32. The number of aryl methyl sites for hydroxylation is 2. The van der Waals surface area contributed by atoms with Crippen LogP contribution in [0.1, 0.15) is 33.8 Å². The van der Waals surface area contributed by atoms with Crippen molar-refractivity contribution in [3.8, 4) is 5.75 Å². The van der Waals surface area contributed by atoms with Gasteiger partial charge in [0.2, 0.25) is 0 Å². The van der Waals surface area contributed by atoms with E-state index in [-0.39, 0.29) is 5.91 Å². The number of carbonyl (C=O) groups is 1. The summed E-state index contributed by atoms with van der Waals surface area (Å²) in [7, 11) is 0. The topological polar surface area (TPSA) is 76.8 Å². The minimum absolute atomic E-state index is 0.0609. The van der Waals surface area contributed by atoms with Crippen LogP contribution in [-0.2, 0) is 11.3 Å². The molecule has 0 aliphatic carbocycles. The summed E-state index contributed by atoms with van der Waals surface area (Å²) in [6.45, 7) is 9.36. The molecule has 1 saturated heterocycles. The Kier molecular flexibility index (Phi) is 6.84. The molecule has 7 nitrogen and oxygen atoms in total. The molecule has 2 heterocycles. The van der Waals surface area contributed by atoms with E-state index < -0.39 is 0 Å². The first-order valence-electron chi connectivity index (χ1n) is 9.36. The number of nitrogens with one attached hydrogen (secondary N) is 1. The van der Waals surface area contributed by atoms with Crippen molar-refractivity contribution in [1.82, 2.24) is 15.4 Å². The zero-order valence-electron chi connectivity index (χ0n) is 16.0. The summed E-state index contributed by atoms with van der Waals surface area (Å²) >= 11 is 0. The van der Waals surface area contributed by atoms with Gasteiger partial charge in [-0.25, -0.2) is 0 Å². The van der Waals surface area contributed by atoms with E-state index in [1.165, 1.54) is 0 Å². The van der Waals surface area contributed by atoms with Crippen molar-refractivity contribution in [2.24, 2.45) is 0 Å². The number of aromatic nitrogens is 1.